The van der Waals surface area contributed by atoms with Gasteiger partial charge in [0.2, 0.25) is 5.91 Å². The molecule has 4 aromatic rings. The Labute approximate surface area is 185 Å². The maximum absolute atomic E-state index is 12.7. The minimum Gasteiger partial charge on any atom is -0.329 e. The quantitative estimate of drug-likeness (QED) is 0.445. The number of urea groups is 1. The maximum Gasteiger partial charge on any atom is 0.324 e. The molecule has 5 rings (SSSR count). The molecule has 0 unspecified atom stereocenters. The molecule has 2 aromatic carbocycles. The summed E-state index contributed by atoms with van der Waals surface area (Å²) in [5.74, 6) is -0.482. The van der Waals surface area contributed by atoms with E-state index in [0.717, 1.165) is 30.6 Å². The molecule has 4 amide bonds. The number of thiophene rings is 1. The first-order valence-electron chi connectivity index (χ1n) is 9.51. The highest BCUT2D eigenvalue weighted by atomic mass is 32.1. The second kappa shape index (κ2) is 7.93. The van der Waals surface area contributed by atoms with Crippen molar-refractivity contribution in [3.8, 4) is 9.88 Å². The molecule has 3 heterocycles. The lowest BCUT2D eigenvalue weighted by Crippen LogP contribution is -2.30. The van der Waals surface area contributed by atoms with Crippen LogP contribution in [-0.4, -0.2) is 34.3 Å². The molecule has 0 atom stereocenters. The number of imide groups is 1. The molecule has 1 aliphatic rings. The van der Waals surface area contributed by atoms with Crippen molar-refractivity contribution in [3.05, 3.63) is 71.1 Å². The first-order valence-corrected chi connectivity index (χ1v) is 11.1. The first kappa shape index (κ1) is 19.4. The summed E-state index contributed by atoms with van der Waals surface area (Å²) in [6.45, 7) is 0.180. The van der Waals surface area contributed by atoms with E-state index in [2.05, 4.69) is 15.6 Å². The van der Waals surface area contributed by atoms with Gasteiger partial charge in [0.05, 0.1) is 33.1 Å². The zero-order valence-electron chi connectivity index (χ0n) is 16.1. The van der Waals surface area contributed by atoms with Gasteiger partial charge in [0, 0.05) is 5.69 Å². The number of thiazole rings is 1. The van der Waals surface area contributed by atoms with Crippen LogP contribution in [-0.2, 0) is 11.3 Å². The van der Waals surface area contributed by atoms with Crippen molar-refractivity contribution >= 4 is 56.4 Å². The molecular formula is C22H16N4O3S2. The van der Waals surface area contributed by atoms with Crippen LogP contribution in [0.1, 0.15) is 15.2 Å². The van der Waals surface area contributed by atoms with Crippen molar-refractivity contribution < 1.29 is 14.4 Å². The number of amides is 4. The zero-order valence-corrected chi connectivity index (χ0v) is 17.8. The second-order valence-corrected chi connectivity index (χ2v) is 9.06. The van der Waals surface area contributed by atoms with Crippen LogP contribution in [0.15, 0.2) is 60.7 Å². The summed E-state index contributed by atoms with van der Waals surface area (Å²) >= 11 is 2.99. The van der Waals surface area contributed by atoms with Crippen LogP contribution in [0, 0.1) is 0 Å². The molecule has 0 radical (unpaired) electrons. The molecule has 154 valence electrons. The van der Waals surface area contributed by atoms with Crippen LogP contribution >= 0.6 is 22.7 Å². The number of aromatic nitrogens is 1. The van der Waals surface area contributed by atoms with E-state index in [1.807, 2.05) is 36.4 Å². The van der Waals surface area contributed by atoms with Crippen LogP contribution < -0.4 is 10.6 Å². The van der Waals surface area contributed by atoms with Gasteiger partial charge >= 0.3 is 6.03 Å². The Hall–Kier alpha value is -3.56. The van der Waals surface area contributed by atoms with E-state index in [1.54, 1.807) is 35.6 Å². The summed E-state index contributed by atoms with van der Waals surface area (Å²) < 4.78 is 1.11. The Morgan fingerprint density at radius 2 is 1.94 bits per heavy atom. The van der Waals surface area contributed by atoms with E-state index in [-0.39, 0.29) is 24.9 Å². The van der Waals surface area contributed by atoms with Gasteiger partial charge in [0.15, 0.2) is 0 Å². The molecule has 7 nitrogen and oxygen atoms in total. The summed E-state index contributed by atoms with van der Waals surface area (Å²) in [6.07, 6.45) is 0. The molecule has 1 saturated heterocycles. The van der Waals surface area contributed by atoms with Gasteiger partial charge in [-0.05, 0) is 42.0 Å². The van der Waals surface area contributed by atoms with E-state index < -0.39 is 6.03 Å². The predicted octanol–water partition coefficient (Wildman–Crippen LogP) is 4.33. The highest BCUT2D eigenvalue weighted by molar-refractivity contribution is 7.26. The molecular weight excluding hydrogens is 432 g/mol. The van der Waals surface area contributed by atoms with Gasteiger partial charge in [0.25, 0.3) is 5.91 Å². The normalized spacial score (nSPS) is 13.6. The Morgan fingerprint density at radius 1 is 1.06 bits per heavy atom. The molecule has 31 heavy (non-hydrogen) atoms. The molecule has 2 aromatic heterocycles. The Balaban J connectivity index is 1.30. The highest BCUT2D eigenvalue weighted by Crippen LogP contribution is 2.34. The lowest BCUT2D eigenvalue weighted by Gasteiger charge is -2.13. The molecule has 0 saturated carbocycles. The lowest BCUT2D eigenvalue weighted by molar-refractivity contribution is -0.125. The Morgan fingerprint density at radius 3 is 2.74 bits per heavy atom. The van der Waals surface area contributed by atoms with Gasteiger partial charge in [0.1, 0.15) is 5.01 Å². The minimum absolute atomic E-state index is 0.0185. The number of fused-ring (bicyclic) bond motifs is 1. The number of carbonyl (C=O) groups excluding carboxylic acids is 3. The van der Waals surface area contributed by atoms with Gasteiger partial charge < -0.3 is 10.6 Å². The van der Waals surface area contributed by atoms with Gasteiger partial charge in [-0.2, -0.15) is 0 Å². The fourth-order valence-corrected chi connectivity index (χ4v) is 5.21. The second-order valence-electron chi connectivity index (χ2n) is 6.94. The topological polar surface area (TPSA) is 91.4 Å². The summed E-state index contributed by atoms with van der Waals surface area (Å²) in [6, 6.07) is 18.4. The van der Waals surface area contributed by atoms with Gasteiger partial charge in [-0.15, -0.1) is 22.7 Å². The van der Waals surface area contributed by atoms with Gasteiger partial charge in [-0.3, -0.25) is 14.5 Å². The fourth-order valence-electron chi connectivity index (χ4n) is 3.29. The smallest absolute Gasteiger partial charge is 0.324 e. The fraction of sp³-hybridized carbons (Fsp3) is 0.0909. The molecule has 1 aliphatic heterocycles. The van der Waals surface area contributed by atoms with E-state index in [9.17, 15) is 14.4 Å². The number of hydrogen-bond acceptors (Lipinski definition) is 6. The van der Waals surface area contributed by atoms with Crippen molar-refractivity contribution in [2.75, 3.05) is 11.9 Å². The number of para-hydroxylation sites is 1. The van der Waals surface area contributed by atoms with Crippen LogP contribution in [0.2, 0.25) is 0 Å². The zero-order chi connectivity index (χ0) is 21.4. The van der Waals surface area contributed by atoms with Crippen LogP contribution in [0.3, 0.4) is 0 Å². The van der Waals surface area contributed by atoms with Crippen LogP contribution in [0.5, 0.6) is 0 Å². The summed E-state index contributed by atoms with van der Waals surface area (Å²) in [5, 5.41) is 6.27. The Bertz CT molecular complexity index is 1280. The highest BCUT2D eigenvalue weighted by Gasteiger charge is 2.28. The lowest BCUT2D eigenvalue weighted by atomic mass is 10.2. The third-order valence-corrected chi connectivity index (χ3v) is 7.09. The SMILES string of the molecule is O=C(Nc1cccc(CN2C(=O)CNC2=O)c1)c1ccc(-c2nc3ccccc3s2)s1. The number of anilines is 1. The predicted molar refractivity (Wildman–Crippen MR) is 121 cm³/mol. The molecule has 1 fully saturated rings. The number of nitrogens with one attached hydrogen (secondary N) is 2. The van der Waals surface area contributed by atoms with Crippen molar-refractivity contribution in [1.29, 1.82) is 0 Å². The Kier molecular flexibility index (Phi) is 4.97. The maximum atomic E-state index is 12.7. The van der Waals surface area contributed by atoms with Gasteiger partial charge in [-0.25, -0.2) is 9.78 Å². The molecule has 2 N–H and O–H groups in total. The third kappa shape index (κ3) is 3.92. The summed E-state index contributed by atoms with van der Waals surface area (Å²) in [4.78, 5) is 43.6. The number of hydrogen-bond donors (Lipinski definition) is 2. The molecule has 9 heteroatoms. The number of carbonyl (C=O) groups is 3. The molecule has 0 spiro atoms. The molecule has 0 aliphatic carbocycles. The minimum atomic E-state index is -0.402. The van der Waals surface area contributed by atoms with E-state index in [0.29, 0.717) is 10.6 Å². The number of rotatable bonds is 5. The standard InChI is InChI=1S/C22H16N4O3S2/c27-19-11-23-22(29)26(19)12-13-4-3-5-14(10-13)24-20(28)17-8-9-18(30-17)21-25-15-6-1-2-7-16(15)31-21/h1-10H,11-12H2,(H,23,29)(H,24,28). The summed E-state index contributed by atoms with van der Waals surface area (Å²) in [7, 11) is 0. The van der Waals surface area contributed by atoms with Crippen LogP contribution in [0.25, 0.3) is 20.1 Å². The van der Waals surface area contributed by atoms with Crippen LogP contribution in [0.4, 0.5) is 10.5 Å². The average molecular weight is 449 g/mol. The largest absolute Gasteiger partial charge is 0.329 e. The monoisotopic (exact) mass is 448 g/mol. The van der Waals surface area contributed by atoms with Crippen molar-refractivity contribution in [3.63, 3.8) is 0 Å². The number of nitrogens with zero attached hydrogens (tertiary/aromatic N) is 2. The summed E-state index contributed by atoms with van der Waals surface area (Å²) in [5.41, 5.74) is 2.30. The number of benzene rings is 2. The average Bonchev–Trinajstić information content (AvgIpc) is 3.49. The van der Waals surface area contributed by atoms with E-state index in [1.165, 1.54) is 11.3 Å². The van der Waals surface area contributed by atoms with Crippen molar-refractivity contribution in [2.45, 2.75) is 6.54 Å². The molecule has 0 bridgehead atoms. The van der Waals surface area contributed by atoms with E-state index in [4.69, 9.17) is 0 Å². The van der Waals surface area contributed by atoms with Crippen molar-refractivity contribution in [2.24, 2.45) is 0 Å². The third-order valence-electron chi connectivity index (χ3n) is 4.80. The van der Waals surface area contributed by atoms with E-state index >= 15 is 0 Å². The van der Waals surface area contributed by atoms with Crippen molar-refractivity contribution in [1.82, 2.24) is 15.2 Å². The first-order chi connectivity index (χ1) is 15.1. The van der Waals surface area contributed by atoms with Gasteiger partial charge in [-0.1, -0.05) is 24.3 Å².